The molecular weight excluding hydrogens is 290 g/mol. The van der Waals surface area contributed by atoms with Crippen LogP contribution < -0.4 is 4.74 Å². The molecule has 1 fully saturated rings. The van der Waals surface area contributed by atoms with Gasteiger partial charge in [0, 0.05) is 25.2 Å². The first kappa shape index (κ1) is 16.0. The highest BCUT2D eigenvalue weighted by atomic mass is 35.5. The molecule has 1 aliphatic rings. The summed E-state index contributed by atoms with van der Waals surface area (Å²) < 4.78 is 5.35. The lowest BCUT2D eigenvalue weighted by molar-refractivity contribution is 0.0774. The largest absolute Gasteiger partial charge is 0.478 e. The van der Waals surface area contributed by atoms with E-state index >= 15 is 0 Å². The molecule has 0 spiro atoms. The van der Waals surface area contributed by atoms with Crippen LogP contribution in [0.2, 0.25) is 5.02 Å². The lowest BCUT2D eigenvalue weighted by Gasteiger charge is -2.22. The zero-order valence-corrected chi connectivity index (χ0v) is 13.7. The van der Waals surface area contributed by atoms with E-state index in [1.807, 2.05) is 25.9 Å². The van der Waals surface area contributed by atoms with E-state index in [0.29, 0.717) is 36.0 Å². The number of carbonyl (C=O) groups is 1. The third kappa shape index (κ3) is 3.47. The molecule has 6 heteroatoms. The maximum atomic E-state index is 12.6. The van der Waals surface area contributed by atoms with E-state index in [1.54, 1.807) is 12.1 Å². The molecule has 1 aromatic rings. The summed E-state index contributed by atoms with van der Waals surface area (Å²) in [4.78, 5) is 20.9. The average Bonchev–Trinajstić information content (AvgIpc) is 2.83. The van der Waals surface area contributed by atoms with Gasteiger partial charge in [-0.3, -0.25) is 4.79 Å². The van der Waals surface area contributed by atoms with Crippen molar-refractivity contribution in [3.8, 4) is 5.88 Å². The number of carbonyl (C=O) groups excluding carboxylic acids is 1. The van der Waals surface area contributed by atoms with Gasteiger partial charge in [0.2, 0.25) is 5.88 Å². The number of ether oxygens (including phenoxy) is 1. The Morgan fingerprint density at radius 1 is 1.48 bits per heavy atom. The molecule has 1 aromatic heterocycles. The van der Waals surface area contributed by atoms with Crippen molar-refractivity contribution in [1.82, 2.24) is 14.8 Å². The Bertz CT molecular complexity index is 522. The number of halogens is 1. The quantitative estimate of drug-likeness (QED) is 0.855. The molecule has 0 radical (unpaired) electrons. The fourth-order valence-corrected chi connectivity index (χ4v) is 2.93. The molecule has 116 valence electrons. The second-order valence-corrected chi connectivity index (χ2v) is 6.04. The number of aromatic nitrogens is 1. The zero-order chi connectivity index (χ0) is 15.6. The number of likely N-dealkylation sites (tertiary alicyclic amines) is 1. The summed E-state index contributed by atoms with van der Waals surface area (Å²) in [5.41, 5.74) is 0.272. The van der Waals surface area contributed by atoms with Crippen molar-refractivity contribution < 1.29 is 9.53 Å². The molecule has 2 heterocycles. The third-order valence-corrected chi connectivity index (χ3v) is 4.14. The molecule has 2 rings (SSSR count). The van der Waals surface area contributed by atoms with Gasteiger partial charge >= 0.3 is 0 Å². The number of rotatable bonds is 4. The first-order valence-electron chi connectivity index (χ1n) is 7.19. The van der Waals surface area contributed by atoms with Gasteiger partial charge < -0.3 is 14.5 Å². The van der Waals surface area contributed by atoms with Crippen LogP contribution in [0, 0.1) is 5.92 Å². The van der Waals surface area contributed by atoms with Crippen molar-refractivity contribution in [1.29, 1.82) is 0 Å². The Balaban J connectivity index is 2.19. The Morgan fingerprint density at radius 3 is 2.76 bits per heavy atom. The lowest BCUT2D eigenvalue weighted by Crippen LogP contribution is -2.36. The summed E-state index contributed by atoms with van der Waals surface area (Å²) >= 11 is 6.13. The Hall–Kier alpha value is -1.33. The van der Waals surface area contributed by atoms with Gasteiger partial charge in [0.15, 0.2) is 5.69 Å². The third-order valence-electron chi connectivity index (χ3n) is 3.84. The second-order valence-electron chi connectivity index (χ2n) is 5.63. The summed E-state index contributed by atoms with van der Waals surface area (Å²) in [6, 6.07) is 3.70. The monoisotopic (exact) mass is 311 g/mol. The maximum Gasteiger partial charge on any atom is 0.274 e. The van der Waals surface area contributed by atoms with Crippen molar-refractivity contribution >= 4 is 17.5 Å². The summed E-state index contributed by atoms with van der Waals surface area (Å²) in [6.45, 7) is 5.96. The maximum absolute atomic E-state index is 12.6. The van der Waals surface area contributed by atoms with Crippen LogP contribution in [0.1, 0.15) is 24.3 Å². The minimum Gasteiger partial charge on any atom is -0.478 e. The highest BCUT2D eigenvalue weighted by Crippen LogP contribution is 2.25. The summed E-state index contributed by atoms with van der Waals surface area (Å²) in [5, 5.41) is 0.365. The average molecular weight is 312 g/mol. The number of hydrogen-bond acceptors (Lipinski definition) is 4. The van der Waals surface area contributed by atoms with Gasteiger partial charge in [0.1, 0.15) is 0 Å². The van der Waals surface area contributed by atoms with E-state index in [0.717, 1.165) is 6.54 Å². The predicted molar refractivity (Wildman–Crippen MR) is 83.0 cm³/mol. The summed E-state index contributed by atoms with van der Waals surface area (Å²) in [5.74, 6) is 0.734. The van der Waals surface area contributed by atoms with Gasteiger partial charge in [0.05, 0.1) is 11.6 Å². The van der Waals surface area contributed by atoms with Crippen molar-refractivity contribution in [3.05, 3.63) is 22.8 Å². The standard InChI is InChI=1S/C15H22ClN3O2/c1-5-21-13-7-6-11(16)14(17-13)15(20)19-8-10(2)12(9-19)18(3)4/h6-7,10,12H,5,8-9H2,1-4H3/t10-,12+/m1/s1. The van der Waals surface area contributed by atoms with Crippen molar-refractivity contribution in [3.63, 3.8) is 0 Å². The molecule has 1 aliphatic heterocycles. The summed E-state index contributed by atoms with van der Waals surface area (Å²) in [6.07, 6.45) is 0. The fraction of sp³-hybridized carbons (Fsp3) is 0.600. The molecule has 2 atom stereocenters. The highest BCUT2D eigenvalue weighted by molar-refractivity contribution is 6.33. The number of nitrogens with zero attached hydrogens (tertiary/aromatic N) is 3. The van der Waals surface area contributed by atoms with Crippen LogP contribution in [0.4, 0.5) is 0 Å². The topological polar surface area (TPSA) is 45.7 Å². The van der Waals surface area contributed by atoms with Crippen LogP contribution in [-0.2, 0) is 0 Å². The normalized spacial score (nSPS) is 21.9. The molecule has 5 nitrogen and oxygen atoms in total. The molecule has 21 heavy (non-hydrogen) atoms. The molecule has 0 N–H and O–H groups in total. The van der Waals surface area contributed by atoms with E-state index in [-0.39, 0.29) is 11.6 Å². The van der Waals surface area contributed by atoms with E-state index in [1.165, 1.54) is 0 Å². The van der Waals surface area contributed by atoms with Gasteiger partial charge in [-0.25, -0.2) is 4.98 Å². The number of hydrogen-bond donors (Lipinski definition) is 0. The van der Waals surface area contributed by atoms with Gasteiger partial charge in [-0.15, -0.1) is 0 Å². The van der Waals surface area contributed by atoms with E-state index in [2.05, 4.69) is 16.8 Å². The van der Waals surface area contributed by atoms with Gasteiger partial charge in [-0.1, -0.05) is 18.5 Å². The molecule has 0 aliphatic carbocycles. The lowest BCUT2D eigenvalue weighted by atomic mass is 10.1. The Kier molecular flexibility index (Phi) is 5.06. The van der Waals surface area contributed by atoms with E-state index in [9.17, 15) is 4.79 Å². The predicted octanol–water partition coefficient (Wildman–Crippen LogP) is 2.16. The minimum absolute atomic E-state index is 0.127. The molecule has 0 saturated carbocycles. The number of amides is 1. The number of likely N-dealkylation sites (N-methyl/N-ethyl adjacent to an activating group) is 1. The highest BCUT2D eigenvalue weighted by Gasteiger charge is 2.35. The zero-order valence-electron chi connectivity index (χ0n) is 13.0. The van der Waals surface area contributed by atoms with Crippen LogP contribution in [-0.4, -0.2) is 60.5 Å². The molecule has 0 aromatic carbocycles. The van der Waals surface area contributed by atoms with E-state index in [4.69, 9.17) is 16.3 Å². The van der Waals surface area contributed by atoms with Gasteiger partial charge in [-0.2, -0.15) is 0 Å². The van der Waals surface area contributed by atoms with Crippen LogP contribution in [0.5, 0.6) is 5.88 Å². The van der Waals surface area contributed by atoms with Crippen LogP contribution >= 0.6 is 11.6 Å². The number of pyridine rings is 1. The van der Waals surface area contributed by atoms with Crippen molar-refractivity contribution in [2.75, 3.05) is 33.8 Å². The first-order valence-corrected chi connectivity index (χ1v) is 7.56. The molecular formula is C15H22ClN3O2. The van der Waals surface area contributed by atoms with Crippen LogP contribution in [0.15, 0.2) is 12.1 Å². The van der Waals surface area contributed by atoms with Crippen LogP contribution in [0.3, 0.4) is 0 Å². The van der Waals surface area contributed by atoms with E-state index < -0.39 is 0 Å². The molecule has 0 bridgehead atoms. The molecule has 1 amide bonds. The second kappa shape index (κ2) is 6.62. The van der Waals surface area contributed by atoms with Crippen molar-refractivity contribution in [2.45, 2.75) is 19.9 Å². The van der Waals surface area contributed by atoms with Gasteiger partial charge in [0.25, 0.3) is 5.91 Å². The SMILES string of the molecule is CCOc1ccc(Cl)c(C(=O)N2C[C@@H](C)[C@@H](N(C)C)C2)n1. The summed E-state index contributed by atoms with van der Waals surface area (Å²) in [7, 11) is 4.08. The Labute approximate surface area is 130 Å². The smallest absolute Gasteiger partial charge is 0.274 e. The Morgan fingerprint density at radius 2 is 2.19 bits per heavy atom. The van der Waals surface area contributed by atoms with Gasteiger partial charge in [-0.05, 0) is 33.0 Å². The molecule has 0 unspecified atom stereocenters. The first-order chi connectivity index (χ1) is 9.93. The minimum atomic E-state index is -0.127. The molecule has 1 saturated heterocycles. The fourth-order valence-electron chi connectivity index (χ4n) is 2.74. The van der Waals surface area contributed by atoms with Crippen molar-refractivity contribution in [2.24, 2.45) is 5.92 Å². The van der Waals surface area contributed by atoms with Crippen LogP contribution in [0.25, 0.3) is 0 Å².